The number of carbonyl (C=O) groups excluding carboxylic acids is 1. The summed E-state index contributed by atoms with van der Waals surface area (Å²) in [5.41, 5.74) is 1.49. The molecule has 0 aromatic carbocycles. The summed E-state index contributed by atoms with van der Waals surface area (Å²) in [5.74, 6) is 2.43. The van der Waals surface area contributed by atoms with Crippen LogP contribution in [0.5, 0.6) is 0 Å². The molecule has 1 atom stereocenters. The van der Waals surface area contributed by atoms with E-state index in [2.05, 4.69) is 18.7 Å². The number of fused-ring (bicyclic) bond motifs is 3. The second-order valence-electron chi connectivity index (χ2n) is 8.12. The number of anilines is 1. The van der Waals surface area contributed by atoms with E-state index in [-0.39, 0.29) is 11.9 Å². The smallest absolute Gasteiger partial charge is 0.309 e. The Labute approximate surface area is 171 Å². The van der Waals surface area contributed by atoms with Crippen molar-refractivity contribution in [2.75, 3.05) is 24.6 Å². The predicted molar refractivity (Wildman–Crippen MR) is 114 cm³/mol. The molecule has 1 fully saturated rings. The molecule has 0 N–H and O–H groups in total. The predicted octanol–water partition coefficient (Wildman–Crippen LogP) is 4.86. The molecule has 3 heterocycles. The summed E-state index contributed by atoms with van der Waals surface area (Å²) in [7, 11) is 0. The van der Waals surface area contributed by atoms with E-state index in [0.717, 1.165) is 50.4 Å². The van der Waals surface area contributed by atoms with Gasteiger partial charge in [0.1, 0.15) is 16.5 Å². The molecule has 0 radical (unpaired) electrons. The molecule has 152 valence electrons. The van der Waals surface area contributed by atoms with E-state index >= 15 is 0 Å². The van der Waals surface area contributed by atoms with Crippen LogP contribution in [0.25, 0.3) is 10.2 Å². The van der Waals surface area contributed by atoms with Crippen molar-refractivity contribution in [3.8, 4) is 0 Å². The van der Waals surface area contributed by atoms with Gasteiger partial charge in [0.25, 0.3) is 0 Å². The topological polar surface area (TPSA) is 55.3 Å². The fourth-order valence-corrected chi connectivity index (χ4v) is 5.64. The van der Waals surface area contributed by atoms with Crippen molar-refractivity contribution in [3.05, 3.63) is 16.3 Å². The molecule has 6 heteroatoms. The van der Waals surface area contributed by atoms with E-state index < -0.39 is 0 Å². The second-order valence-corrected chi connectivity index (χ2v) is 9.20. The first-order valence-corrected chi connectivity index (χ1v) is 11.7. The molecule has 0 spiro atoms. The van der Waals surface area contributed by atoms with Crippen molar-refractivity contribution < 1.29 is 9.53 Å². The minimum atomic E-state index is -0.0387. The molecule has 1 unspecified atom stereocenters. The van der Waals surface area contributed by atoms with Crippen LogP contribution < -0.4 is 4.90 Å². The molecule has 0 amide bonds. The van der Waals surface area contributed by atoms with Crippen LogP contribution in [0, 0.1) is 5.92 Å². The summed E-state index contributed by atoms with van der Waals surface area (Å²) in [5, 5.41) is 1.29. The van der Waals surface area contributed by atoms with Crippen molar-refractivity contribution in [1.82, 2.24) is 9.97 Å². The number of aryl methyl sites for hydroxylation is 2. The second kappa shape index (κ2) is 8.36. The SMILES string of the molecule is CCOC(=O)C1CCN(c2nc(C(C)CC)nc3sc4c(c23)CCCC4)CC1. The molecule has 5 nitrogen and oxygen atoms in total. The van der Waals surface area contributed by atoms with E-state index in [0.29, 0.717) is 12.5 Å². The first-order valence-electron chi connectivity index (χ1n) is 10.9. The van der Waals surface area contributed by atoms with Crippen LogP contribution in [-0.2, 0) is 22.4 Å². The maximum absolute atomic E-state index is 12.1. The van der Waals surface area contributed by atoms with Gasteiger partial charge in [-0.1, -0.05) is 13.8 Å². The zero-order valence-electron chi connectivity index (χ0n) is 17.3. The summed E-state index contributed by atoms with van der Waals surface area (Å²) in [6, 6.07) is 0. The lowest BCUT2D eigenvalue weighted by Gasteiger charge is -2.32. The third-order valence-corrected chi connectivity index (χ3v) is 7.47. The summed E-state index contributed by atoms with van der Waals surface area (Å²) >= 11 is 1.88. The lowest BCUT2D eigenvalue weighted by molar-refractivity contribution is -0.148. The minimum absolute atomic E-state index is 0.0268. The number of esters is 1. The molecular formula is C22H31N3O2S. The highest BCUT2D eigenvalue weighted by atomic mass is 32.1. The largest absolute Gasteiger partial charge is 0.466 e. The van der Waals surface area contributed by atoms with Crippen molar-refractivity contribution in [1.29, 1.82) is 0 Å². The molecular weight excluding hydrogens is 370 g/mol. The van der Waals surface area contributed by atoms with Gasteiger partial charge in [0.05, 0.1) is 17.9 Å². The number of ether oxygens (including phenoxy) is 1. The van der Waals surface area contributed by atoms with Crippen molar-refractivity contribution in [2.45, 2.75) is 71.6 Å². The fraction of sp³-hybridized carbons (Fsp3) is 0.682. The third-order valence-electron chi connectivity index (χ3n) is 6.28. The van der Waals surface area contributed by atoms with Crippen molar-refractivity contribution in [3.63, 3.8) is 0 Å². The van der Waals surface area contributed by atoms with Gasteiger partial charge in [-0.25, -0.2) is 9.97 Å². The molecule has 0 bridgehead atoms. The molecule has 1 saturated heterocycles. The Balaban J connectivity index is 1.69. The van der Waals surface area contributed by atoms with Crippen LogP contribution in [0.15, 0.2) is 0 Å². The quantitative estimate of drug-likeness (QED) is 0.670. The first-order chi connectivity index (χ1) is 13.6. The Morgan fingerprint density at radius 2 is 1.96 bits per heavy atom. The van der Waals surface area contributed by atoms with Crippen molar-refractivity contribution in [2.24, 2.45) is 5.92 Å². The first kappa shape index (κ1) is 19.6. The van der Waals surface area contributed by atoms with Gasteiger partial charge < -0.3 is 9.64 Å². The number of aromatic nitrogens is 2. The highest BCUT2D eigenvalue weighted by molar-refractivity contribution is 7.19. The number of hydrogen-bond acceptors (Lipinski definition) is 6. The zero-order valence-corrected chi connectivity index (χ0v) is 18.1. The van der Waals surface area contributed by atoms with Crippen LogP contribution in [0.2, 0.25) is 0 Å². The van der Waals surface area contributed by atoms with Gasteiger partial charge in [0.15, 0.2) is 0 Å². The number of rotatable bonds is 5. The van der Waals surface area contributed by atoms with Gasteiger partial charge in [0, 0.05) is 23.9 Å². The normalized spacial score (nSPS) is 18.9. The fourth-order valence-electron chi connectivity index (χ4n) is 4.37. The Kier molecular flexibility index (Phi) is 5.85. The molecule has 1 aliphatic heterocycles. The monoisotopic (exact) mass is 401 g/mol. The number of thiophene rings is 1. The number of carbonyl (C=O) groups is 1. The Morgan fingerprint density at radius 3 is 2.68 bits per heavy atom. The molecule has 4 rings (SSSR count). The molecule has 2 aromatic rings. The summed E-state index contributed by atoms with van der Waals surface area (Å²) in [6.45, 7) is 8.47. The van der Waals surface area contributed by atoms with Crippen molar-refractivity contribution >= 4 is 33.3 Å². The van der Waals surface area contributed by atoms with E-state index in [1.807, 2.05) is 18.3 Å². The lowest BCUT2D eigenvalue weighted by atomic mass is 9.95. The number of hydrogen-bond donors (Lipinski definition) is 0. The third kappa shape index (κ3) is 3.63. The van der Waals surface area contributed by atoms with Gasteiger partial charge in [0.2, 0.25) is 0 Å². The van der Waals surface area contributed by atoms with E-state index in [1.54, 1.807) is 0 Å². The lowest BCUT2D eigenvalue weighted by Crippen LogP contribution is -2.37. The summed E-state index contributed by atoms with van der Waals surface area (Å²) in [6.07, 6.45) is 7.60. The van der Waals surface area contributed by atoms with Gasteiger partial charge in [-0.05, 0) is 57.4 Å². The highest BCUT2D eigenvalue weighted by Crippen LogP contribution is 2.41. The number of piperidine rings is 1. The molecule has 1 aliphatic carbocycles. The van der Waals surface area contributed by atoms with E-state index in [1.165, 1.54) is 39.9 Å². The average molecular weight is 402 g/mol. The van der Waals surface area contributed by atoms with Gasteiger partial charge in [-0.2, -0.15) is 0 Å². The molecule has 0 saturated carbocycles. The maximum Gasteiger partial charge on any atom is 0.309 e. The Bertz CT molecular complexity index is 855. The standard InChI is InChI=1S/C22H31N3O2S/c1-4-14(3)19-23-20(25-12-10-15(11-13-25)22(26)27-5-2)18-16-8-6-7-9-17(16)28-21(18)24-19/h14-15H,4-13H2,1-3H3. The average Bonchev–Trinajstić information content (AvgIpc) is 3.11. The minimum Gasteiger partial charge on any atom is -0.466 e. The van der Waals surface area contributed by atoms with Crippen LogP contribution in [-0.4, -0.2) is 35.6 Å². The molecule has 28 heavy (non-hydrogen) atoms. The maximum atomic E-state index is 12.1. The van der Waals surface area contributed by atoms with Gasteiger partial charge >= 0.3 is 5.97 Å². The van der Waals surface area contributed by atoms with E-state index in [4.69, 9.17) is 14.7 Å². The van der Waals surface area contributed by atoms with Gasteiger partial charge in [-0.3, -0.25) is 4.79 Å². The van der Waals surface area contributed by atoms with E-state index in [9.17, 15) is 4.79 Å². The molecule has 2 aromatic heterocycles. The van der Waals surface area contributed by atoms with Crippen LogP contribution >= 0.6 is 11.3 Å². The Hall–Kier alpha value is -1.69. The Morgan fingerprint density at radius 1 is 1.21 bits per heavy atom. The van der Waals surface area contributed by atoms with Crippen LogP contribution in [0.4, 0.5) is 5.82 Å². The van der Waals surface area contributed by atoms with Crippen LogP contribution in [0.1, 0.15) is 75.1 Å². The zero-order chi connectivity index (χ0) is 19.7. The van der Waals surface area contributed by atoms with Crippen LogP contribution in [0.3, 0.4) is 0 Å². The highest BCUT2D eigenvalue weighted by Gasteiger charge is 2.30. The summed E-state index contributed by atoms with van der Waals surface area (Å²) in [4.78, 5) is 27.3. The summed E-state index contributed by atoms with van der Waals surface area (Å²) < 4.78 is 5.24. The van der Waals surface area contributed by atoms with Gasteiger partial charge in [-0.15, -0.1) is 11.3 Å². The number of nitrogens with zero attached hydrogens (tertiary/aromatic N) is 3. The molecule has 2 aliphatic rings.